The first-order chi connectivity index (χ1) is 13.0. The molecule has 1 N–H and O–H groups in total. The molecule has 0 radical (unpaired) electrons. The summed E-state index contributed by atoms with van der Waals surface area (Å²) in [6.07, 6.45) is 1.63. The second-order valence-electron chi connectivity index (χ2n) is 6.28. The lowest BCUT2D eigenvalue weighted by Gasteiger charge is -2.07. The monoisotopic (exact) mass is 387 g/mol. The van der Waals surface area contributed by atoms with Crippen LogP contribution in [0, 0.1) is 12.8 Å². The number of carbonyl (C=O) groups excluding carboxylic acids is 3. The van der Waals surface area contributed by atoms with Crippen molar-refractivity contribution in [2.75, 3.05) is 18.5 Å². The Morgan fingerprint density at radius 3 is 2.48 bits per heavy atom. The van der Waals surface area contributed by atoms with E-state index in [1.165, 1.54) is 11.3 Å². The molecule has 0 atom stereocenters. The highest BCUT2D eigenvalue weighted by atomic mass is 32.1. The Balaban J connectivity index is 1.82. The van der Waals surface area contributed by atoms with Gasteiger partial charge in [-0.05, 0) is 37.8 Å². The highest BCUT2D eigenvalue weighted by Gasteiger charge is 2.32. The van der Waals surface area contributed by atoms with Gasteiger partial charge in [0.15, 0.2) is 6.61 Å². The number of thiophene rings is 1. The number of esters is 2. The van der Waals surface area contributed by atoms with Crippen molar-refractivity contribution in [3.8, 4) is 10.4 Å². The van der Waals surface area contributed by atoms with E-state index in [1.807, 2.05) is 37.3 Å². The Morgan fingerprint density at radius 2 is 1.85 bits per heavy atom. The molecule has 1 aliphatic carbocycles. The number of hydrogen-bond donors (Lipinski definition) is 1. The van der Waals surface area contributed by atoms with Gasteiger partial charge in [-0.25, -0.2) is 4.79 Å². The largest absolute Gasteiger partial charge is 0.462 e. The van der Waals surface area contributed by atoms with Crippen molar-refractivity contribution in [1.29, 1.82) is 0 Å². The van der Waals surface area contributed by atoms with E-state index in [1.54, 1.807) is 6.92 Å². The minimum atomic E-state index is -0.487. The van der Waals surface area contributed by atoms with Crippen LogP contribution in [0.2, 0.25) is 0 Å². The van der Waals surface area contributed by atoms with Crippen molar-refractivity contribution in [2.45, 2.75) is 26.7 Å². The van der Waals surface area contributed by atoms with E-state index >= 15 is 0 Å². The molecule has 142 valence electrons. The standard InChI is InChI=1S/C20H21NO5S/c1-3-25-20(24)16-12(2)17(13-7-5-4-6-8-13)27-18(16)21-15(22)11-26-19(23)14-9-10-14/h4-8,14H,3,9-11H2,1-2H3,(H,21,22). The molecule has 0 saturated heterocycles. The predicted molar refractivity (Wildman–Crippen MR) is 103 cm³/mol. The molecule has 6 nitrogen and oxygen atoms in total. The number of hydrogen-bond acceptors (Lipinski definition) is 6. The summed E-state index contributed by atoms with van der Waals surface area (Å²) in [7, 11) is 0. The summed E-state index contributed by atoms with van der Waals surface area (Å²) in [6, 6.07) is 9.62. The Morgan fingerprint density at radius 1 is 1.15 bits per heavy atom. The summed E-state index contributed by atoms with van der Waals surface area (Å²) in [5, 5.41) is 3.10. The molecule has 1 aromatic heterocycles. The van der Waals surface area contributed by atoms with Crippen molar-refractivity contribution in [2.24, 2.45) is 5.92 Å². The summed E-state index contributed by atoms with van der Waals surface area (Å²) in [6.45, 7) is 3.43. The van der Waals surface area contributed by atoms with Crippen LogP contribution in [-0.4, -0.2) is 31.1 Å². The van der Waals surface area contributed by atoms with Crippen molar-refractivity contribution < 1.29 is 23.9 Å². The maximum atomic E-state index is 12.4. The SMILES string of the molecule is CCOC(=O)c1c(NC(=O)COC(=O)C2CC2)sc(-c2ccccc2)c1C. The molecule has 0 spiro atoms. The molecule has 1 aliphatic rings. The van der Waals surface area contributed by atoms with Gasteiger partial charge < -0.3 is 14.8 Å². The van der Waals surface area contributed by atoms with Crippen LogP contribution in [-0.2, 0) is 19.1 Å². The molecule has 1 saturated carbocycles. The first-order valence-electron chi connectivity index (χ1n) is 8.83. The first kappa shape index (κ1) is 19.1. The quantitative estimate of drug-likeness (QED) is 0.731. The highest BCUT2D eigenvalue weighted by molar-refractivity contribution is 7.20. The molecule has 3 rings (SSSR count). The first-order valence-corrected chi connectivity index (χ1v) is 9.65. The van der Waals surface area contributed by atoms with Gasteiger partial charge in [-0.1, -0.05) is 30.3 Å². The third kappa shape index (κ3) is 4.54. The Bertz CT molecular complexity index is 855. The normalized spacial score (nSPS) is 13.1. The molecule has 0 aliphatic heterocycles. The van der Waals surface area contributed by atoms with Crippen LogP contribution < -0.4 is 5.32 Å². The average Bonchev–Trinajstić information content (AvgIpc) is 3.45. The van der Waals surface area contributed by atoms with Crippen LogP contribution >= 0.6 is 11.3 Å². The van der Waals surface area contributed by atoms with Crippen LogP contribution in [0.5, 0.6) is 0 Å². The van der Waals surface area contributed by atoms with Crippen molar-refractivity contribution in [3.05, 3.63) is 41.5 Å². The lowest BCUT2D eigenvalue weighted by Crippen LogP contribution is -2.22. The molecule has 0 bridgehead atoms. The molecule has 0 unspecified atom stereocenters. The number of nitrogens with one attached hydrogen (secondary N) is 1. The van der Waals surface area contributed by atoms with E-state index in [4.69, 9.17) is 9.47 Å². The molecule has 1 amide bonds. The van der Waals surface area contributed by atoms with Crippen molar-refractivity contribution >= 4 is 34.2 Å². The maximum absolute atomic E-state index is 12.4. The molecule has 1 fully saturated rings. The summed E-state index contributed by atoms with van der Waals surface area (Å²) >= 11 is 1.30. The van der Waals surface area contributed by atoms with Crippen LogP contribution in [0.3, 0.4) is 0 Å². The second kappa shape index (κ2) is 8.35. The fourth-order valence-corrected chi connectivity index (χ4v) is 3.87. The average molecular weight is 387 g/mol. The van der Waals surface area contributed by atoms with Gasteiger partial charge in [0.1, 0.15) is 5.00 Å². The smallest absolute Gasteiger partial charge is 0.341 e. The van der Waals surface area contributed by atoms with E-state index in [2.05, 4.69) is 5.32 Å². The van der Waals surface area contributed by atoms with Gasteiger partial charge >= 0.3 is 11.9 Å². The van der Waals surface area contributed by atoms with Gasteiger partial charge in [-0.15, -0.1) is 11.3 Å². The van der Waals surface area contributed by atoms with Gasteiger partial charge in [0, 0.05) is 4.88 Å². The third-order valence-electron chi connectivity index (χ3n) is 4.17. The van der Waals surface area contributed by atoms with Crippen LogP contribution in [0.1, 0.15) is 35.7 Å². The Hall–Kier alpha value is -2.67. The minimum Gasteiger partial charge on any atom is -0.462 e. The number of amides is 1. The Kier molecular flexibility index (Phi) is 5.91. The van der Waals surface area contributed by atoms with Crippen molar-refractivity contribution in [3.63, 3.8) is 0 Å². The fraction of sp³-hybridized carbons (Fsp3) is 0.350. The minimum absolute atomic E-state index is 0.0680. The topological polar surface area (TPSA) is 81.7 Å². The van der Waals surface area contributed by atoms with Crippen LogP contribution in [0.25, 0.3) is 10.4 Å². The molecular formula is C20H21NO5S. The van der Waals surface area contributed by atoms with Gasteiger partial charge in [-0.2, -0.15) is 0 Å². The molecule has 7 heteroatoms. The summed E-state index contributed by atoms with van der Waals surface area (Å²) < 4.78 is 10.2. The Labute approximate surface area is 161 Å². The van der Waals surface area contributed by atoms with Crippen molar-refractivity contribution in [1.82, 2.24) is 0 Å². The zero-order valence-electron chi connectivity index (χ0n) is 15.2. The molecule has 1 heterocycles. The lowest BCUT2D eigenvalue weighted by molar-refractivity contribution is -0.148. The number of benzene rings is 1. The molecule has 2 aromatic rings. The molecule has 1 aromatic carbocycles. The summed E-state index contributed by atoms with van der Waals surface area (Å²) in [5.41, 5.74) is 2.03. The number of carbonyl (C=O) groups is 3. The maximum Gasteiger partial charge on any atom is 0.341 e. The van der Waals surface area contributed by atoms with E-state index in [0.29, 0.717) is 10.6 Å². The number of rotatable bonds is 7. The number of anilines is 1. The second-order valence-corrected chi connectivity index (χ2v) is 7.30. The highest BCUT2D eigenvalue weighted by Crippen LogP contribution is 2.40. The predicted octanol–water partition coefficient (Wildman–Crippen LogP) is 3.79. The fourth-order valence-electron chi connectivity index (χ4n) is 2.65. The summed E-state index contributed by atoms with van der Waals surface area (Å²) in [4.78, 5) is 37.1. The van der Waals surface area contributed by atoms with Crippen LogP contribution in [0.15, 0.2) is 30.3 Å². The number of ether oxygens (including phenoxy) is 2. The van der Waals surface area contributed by atoms with E-state index in [9.17, 15) is 14.4 Å². The van der Waals surface area contributed by atoms with Gasteiger partial charge in [0.2, 0.25) is 0 Å². The lowest BCUT2D eigenvalue weighted by atomic mass is 10.1. The molecule has 27 heavy (non-hydrogen) atoms. The van der Waals surface area contributed by atoms with E-state index in [0.717, 1.165) is 28.8 Å². The van der Waals surface area contributed by atoms with E-state index < -0.39 is 11.9 Å². The third-order valence-corrected chi connectivity index (χ3v) is 5.43. The van der Waals surface area contributed by atoms with E-state index in [-0.39, 0.29) is 25.1 Å². The zero-order valence-corrected chi connectivity index (χ0v) is 16.1. The zero-order chi connectivity index (χ0) is 19.4. The summed E-state index contributed by atoms with van der Waals surface area (Å²) in [5.74, 6) is -1.38. The van der Waals surface area contributed by atoms with Gasteiger partial charge in [-0.3, -0.25) is 9.59 Å². The van der Waals surface area contributed by atoms with Crippen LogP contribution in [0.4, 0.5) is 5.00 Å². The van der Waals surface area contributed by atoms with Gasteiger partial charge in [0.25, 0.3) is 5.91 Å². The molecular weight excluding hydrogens is 366 g/mol. The van der Waals surface area contributed by atoms with Gasteiger partial charge in [0.05, 0.1) is 18.1 Å².